The van der Waals surface area contributed by atoms with Crippen molar-refractivity contribution < 1.29 is 23.9 Å². The maximum Gasteiger partial charge on any atom is 0.347 e. The van der Waals surface area contributed by atoms with E-state index in [4.69, 9.17) is 9.47 Å². The van der Waals surface area contributed by atoms with Crippen molar-refractivity contribution in [3.63, 3.8) is 0 Å². The molecule has 2 aliphatic heterocycles. The zero-order chi connectivity index (χ0) is 15.7. The molecule has 3 rings (SSSR count). The van der Waals surface area contributed by atoms with E-state index in [1.54, 1.807) is 6.92 Å². The molecule has 0 aromatic heterocycles. The van der Waals surface area contributed by atoms with E-state index in [2.05, 4.69) is 5.32 Å². The molecule has 0 aliphatic carbocycles. The molecule has 1 aromatic rings. The number of benzene rings is 1. The molecule has 1 N–H and O–H groups in total. The standard InChI is InChI=1S/C15H15NO5S/c1-8-6-10(15(19)20-8)21-13(17)7-12-14(18)16-9-4-2-3-5-11(9)22-12/h2-5,8,10,12H,6-7H2,1H3,(H,16,18)/t8-,10+,12-/m1/s1. The SMILES string of the molecule is C[C@@H]1C[C@H](OC(=O)C[C@H]2Sc3ccccc3NC2=O)C(=O)O1. The molecule has 0 spiro atoms. The molecule has 1 aromatic carbocycles. The van der Waals surface area contributed by atoms with Gasteiger partial charge < -0.3 is 14.8 Å². The average Bonchev–Trinajstić information content (AvgIpc) is 2.77. The lowest BCUT2D eigenvalue weighted by atomic mass is 10.2. The highest BCUT2D eigenvalue weighted by Gasteiger charge is 2.36. The van der Waals surface area contributed by atoms with Gasteiger partial charge in [-0.05, 0) is 19.1 Å². The van der Waals surface area contributed by atoms with Crippen molar-refractivity contribution in [2.75, 3.05) is 5.32 Å². The Morgan fingerprint density at radius 1 is 1.41 bits per heavy atom. The van der Waals surface area contributed by atoms with E-state index in [9.17, 15) is 14.4 Å². The van der Waals surface area contributed by atoms with Crippen molar-refractivity contribution in [3.05, 3.63) is 24.3 Å². The molecule has 22 heavy (non-hydrogen) atoms. The highest BCUT2D eigenvalue weighted by molar-refractivity contribution is 8.01. The van der Waals surface area contributed by atoms with Crippen LogP contribution in [-0.2, 0) is 23.9 Å². The van der Waals surface area contributed by atoms with Gasteiger partial charge in [0.1, 0.15) is 6.10 Å². The van der Waals surface area contributed by atoms with E-state index in [1.807, 2.05) is 24.3 Å². The van der Waals surface area contributed by atoms with E-state index in [0.29, 0.717) is 6.42 Å². The first-order chi connectivity index (χ1) is 10.5. The Hall–Kier alpha value is -2.02. The number of ether oxygens (including phenoxy) is 2. The Kier molecular flexibility index (Phi) is 4.06. The largest absolute Gasteiger partial charge is 0.460 e. The van der Waals surface area contributed by atoms with E-state index >= 15 is 0 Å². The van der Waals surface area contributed by atoms with Crippen LogP contribution < -0.4 is 5.32 Å². The summed E-state index contributed by atoms with van der Waals surface area (Å²) in [5.74, 6) is -1.32. The predicted molar refractivity (Wildman–Crippen MR) is 79.4 cm³/mol. The maximum absolute atomic E-state index is 12.0. The van der Waals surface area contributed by atoms with Crippen LogP contribution in [0.3, 0.4) is 0 Å². The highest BCUT2D eigenvalue weighted by atomic mass is 32.2. The van der Waals surface area contributed by atoms with Crippen molar-refractivity contribution >= 4 is 35.3 Å². The fraction of sp³-hybridized carbons (Fsp3) is 0.400. The van der Waals surface area contributed by atoms with Gasteiger partial charge in [0.25, 0.3) is 0 Å². The lowest BCUT2D eigenvalue weighted by Gasteiger charge is -2.23. The van der Waals surface area contributed by atoms with Gasteiger partial charge in [0.15, 0.2) is 0 Å². The number of hydrogen-bond donors (Lipinski definition) is 1. The summed E-state index contributed by atoms with van der Waals surface area (Å²) in [5, 5.41) is 2.21. The van der Waals surface area contributed by atoms with Gasteiger partial charge in [0.05, 0.1) is 17.4 Å². The first-order valence-electron chi connectivity index (χ1n) is 6.99. The molecule has 6 nitrogen and oxygen atoms in total. The van der Waals surface area contributed by atoms with Crippen LogP contribution in [0.2, 0.25) is 0 Å². The van der Waals surface area contributed by atoms with Crippen LogP contribution >= 0.6 is 11.8 Å². The summed E-state index contributed by atoms with van der Waals surface area (Å²) in [4.78, 5) is 36.3. The predicted octanol–water partition coefficient (Wildman–Crippen LogP) is 1.74. The van der Waals surface area contributed by atoms with Crippen LogP contribution in [0.4, 0.5) is 5.69 Å². The van der Waals surface area contributed by atoms with E-state index in [1.165, 1.54) is 11.8 Å². The molecule has 2 heterocycles. The number of anilines is 1. The summed E-state index contributed by atoms with van der Waals surface area (Å²) in [6.07, 6.45) is -0.823. The summed E-state index contributed by atoms with van der Waals surface area (Å²) in [6.45, 7) is 1.74. The average molecular weight is 321 g/mol. The third kappa shape index (κ3) is 3.09. The summed E-state index contributed by atoms with van der Waals surface area (Å²) in [5.41, 5.74) is 0.746. The molecule has 1 fully saturated rings. The summed E-state index contributed by atoms with van der Waals surface area (Å²) in [7, 11) is 0. The lowest BCUT2D eigenvalue weighted by molar-refractivity contribution is -0.161. The Morgan fingerprint density at radius 3 is 2.91 bits per heavy atom. The van der Waals surface area contributed by atoms with Crippen molar-refractivity contribution in [2.24, 2.45) is 0 Å². The Bertz CT molecular complexity index is 632. The number of carbonyl (C=O) groups excluding carboxylic acids is 3. The van der Waals surface area contributed by atoms with E-state index < -0.39 is 23.3 Å². The molecule has 1 saturated heterocycles. The number of para-hydroxylation sites is 1. The number of esters is 2. The molecule has 3 atom stereocenters. The number of thioether (sulfide) groups is 1. The second-order valence-corrected chi connectivity index (χ2v) is 6.50. The molecule has 0 saturated carbocycles. The third-order valence-electron chi connectivity index (χ3n) is 3.46. The number of fused-ring (bicyclic) bond motifs is 1. The Morgan fingerprint density at radius 2 is 2.18 bits per heavy atom. The monoisotopic (exact) mass is 321 g/mol. The number of amides is 1. The van der Waals surface area contributed by atoms with Crippen LogP contribution in [0.5, 0.6) is 0 Å². The van der Waals surface area contributed by atoms with Crippen LogP contribution in [0.25, 0.3) is 0 Å². The molecular weight excluding hydrogens is 306 g/mol. The third-order valence-corrected chi connectivity index (χ3v) is 4.73. The first kappa shape index (κ1) is 14.9. The molecule has 0 radical (unpaired) electrons. The van der Waals surface area contributed by atoms with Crippen LogP contribution in [0.15, 0.2) is 29.2 Å². The second-order valence-electron chi connectivity index (χ2n) is 5.26. The molecule has 2 aliphatic rings. The minimum absolute atomic E-state index is 0.0804. The molecule has 1 amide bonds. The van der Waals surface area contributed by atoms with Crippen molar-refractivity contribution in [1.29, 1.82) is 0 Å². The smallest absolute Gasteiger partial charge is 0.347 e. The number of carbonyl (C=O) groups is 3. The van der Waals surface area contributed by atoms with Gasteiger partial charge in [-0.15, -0.1) is 11.8 Å². The number of nitrogens with one attached hydrogen (secondary N) is 1. The zero-order valence-electron chi connectivity index (χ0n) is 11.9. The number of hydrogen-bond acceptors (Lipinski definition) is 6. The normalized spacial score (nSPS) is 26.9. The molecule has 116 valence electrons. The molecule has 0 unspecified atom stereocenters. The fourth-order valence-electron chi connectivity index (χ4n) is 2.40. The number of rotatable bonds is 3. The van der Waals surface area contributed by atoms with Crippen LogP contribution in [0, 0.1) is 0 Å². The lowest BCUT2D eigenvalue weighted by Crippen LogP contribution is -2.33. The summed E-state index contributed by atoms with van der Waals surface area (Å²) >= 11 is 1.32. The van der Waals surface area contributed by atoms with E-state index in [0.717, 1.165) is 10.6 Å². The van der Waals surface area contributed by atoms with Gasteiger partial charge in [-0.3, -0.25) is 9.59 Å². The Balaban J connectivity index is 1.60. The van der Waals surface area contributed by atoms with Crippen molar-refractivity contribution in [3.8, 4) is 0 Å². The quantitative estimate of drug-likeness (QED) is 0.854. The number of cyclic esters (lactones) is 1. The van der Waals surface area contributed by atoms with Crippen LogP contribution in [0.1, 0.15) is 19.8 Å². The topological polar surface area (TPSA) is 81.7 Å². The zero-order valence-corrected chi connectivity index (χ0v) is 12.7. The van der Waals surface area contributed by atoms with Gasteiger partial charge in [-0.2, -0.15) is 0 Å². The minimum Gasteiger partial charge on any atom is -0.460 e. The second kappa shape index (κ2) is 6.00. The van der Waals surface area contributed by atoms with Crippen molar-refractivity contribution in [1.82, 2.24) is 0 Å². The maximum atomic E-state index is 12.0. The van der Waals surface area contributed by atoms with Gasteiger partial charge in [-0.1, -0.05) is 12.1 Å². The van der Waals surface area contributed by atoms with E-state index in [-0.39, 0.29) is 18.4 Å². The van der Waals surface area contributed by atoms with Gasteiger partial charge in [0.2, 0.25) is 12.0 Å². The highest BCUT2D eigenvalue weighted by Crippen LogP contribution is 2.36. The minimum atomic E-state index is -0.855. The molecule has 0 bridgehead atoms. The van der Waals surface area contributed by atoms with Gasteiger partial charge in [-0.25, -0.2) is 4.79 Å². The molecular formula is C15H15NO5S. The van der Waals surface area contributed by atoms with Gasteiger partial charge >= 0.3 is 11.9 Å². The fourth-order valence-corrected chi connectivity index (χ4v) is 3.50. The Labute approximate surface area is 131 Å². The van der Waals surface area contributed by atoms with Crippen LogP contribution in [-0.4, -0.2) is 35.3 Å². The summed E-state index contributed by atoms with van der Waals surface area (Å²) in [6, 6.07) is 7.40. The first-order valence-corrected chi connectivity index (χ1v) is 7.87. The van der Waals surface area contributed by atoms with Crippen molar-refractivity contribution in [2.45, 2.75) is 42.1 Å². The molecule has 7 heteroatoms. The van der Waals surface area contributed by atoms with Gasteiger partial charge in [0, 0.05) is 11.3 Å². The summed E-state index contributed by atoms with van der Waals surface area (Å²) < 4.78 is 10.1.